The molecule has 0 bridgehead atoms. The number of carboxylic acid groups (broad SMARTS) is 2. The fraction of sp³-hybridized carbons (Fsp3) is 0.522. The standard InChI is InChI=1S/C46H62O6/c1-3-5-7-9-11-13-15-17-19-21-23-35-25-29-37(30-26-35)43(47)39-33-42(46(51)52)40(34-41(39)45(49)50)44(48)38-31-27-36(28-32-38)24-22-20-18-16-14-12-10-8-6-4-2/h25-34H,3-24H2,1-2H3,(H,49,50)(H,51,52). The van der Waals surface area contributed by atoms with Crippen molar-refractivity contribution in [2.75, 3.05) is 0 Å². The summed E-state index contributed by atoms with van der Waals surface area (Å²) in [6, 6.07) is 16.2. The Bertz CT molecular complexity index is 1420. The molecule has 0 spiro atoms. The molecule has 0 fully saturated rings. The molecule has 0 atom stereocenters. The van der Waals surface area contributed by atoms with Crippen LogP contribution >= 0.6 is 0 Å². The summed E-state index contributed by atoms with van der Waals surface area (Å²) >= 11 is 0. The number of carbonyl (C=O) groups is 4. The van der Waals surface area contributed by atoms with Gasteiger partial charge >= 0.3 is 11.9 Å². The SMILES string of the molecule is CCCCCCCCCCCCc1ccc(C(=O)c2cc(C(=O)O)c(C(=O)c3ccc(CCCCCCCCCCCC)cc3)cc2C(=O)O)cc1. The number of ketones is 2. The van der Waals surface area contributed by atoms with Crippen molar-refractivity contribution in [3.05, 3.63) is 105 Å². The normalized spacial score (nSPS) is 11.1. The van der Waals surface area contributed by atoms with Crippen LogP contribution in [0.4, 0.5) is 0 Å². The van der Waals surface area contributed by atoms with Crippen molar-refractivity contribution in [3.8, 4) is 0 Å². The van der Waals surface area contributed by atoms with Crippen LogP contribution in [0.1, 0.15) is 206 Å². The van der Waals surface area contributed by atoms with Gasteiger partial charge in [0.15, 0.2) is 11.6 Å². The molecule has 0 aromatic heterocycles. The van der Waals surface area contributed by atoms with E-state index in [9.17, 15) is 29.4 Å². The summed E-state index contributed by atoms with van der Waals surface area (Å²) in [6.07, 6.45) is 27.0. The average Bonchev–Trinajstić information content (AvgIpc) is 3.15. The Morgan fingerprint density at radius 3 is 0.923 bits per heavy atom. The molecular formula is C46H62O6. The molecule has 0 aliphatic heterocycles. The molecule has 3 aromatic rings. The number of aromatic carboxylic acids is 2. The number of carboxylic acids is 2. The van der Waals surface area contributed by atoms with Gasteiger partial charge in [0.05, 0.1) is 11.1 Å². The van der Waals surface area contributed by atoms with Crippen LogP contribution in [0.15, 0.2) is 60.7 Å². The Balaban J connectivity index is 1.58. The highest BCUT2D eigenvalue weighted by molar-refractivity contribution is 6.19. The van der Waals surface area contributed by atoms with Crippen molar-refractivity contribution >= 4 is 23.5 Å². The summed E-state index contributed by atoms with van der Waals surface area (Å²) in [4.78, 5) is 51.8. The van der Waals surface area contributed by atoms with Crippen LogP contribution in [-0.2, 0) is 12.8 Å². The predicted octanol–water partition coefficient (Wildman–Crippen LogP) is 12.5. The maximum Gasteiger partial charge on any atom is 0.336 e. The van der Waals surface area contributed by atoms with E-state index in [-0.39, 0.29) is 22.3 Å². The number of rotatable bonds is 28. The fourth-order valence-electron chi connectivity index (χ4n) is 6.92. The Labute approximate surface area is 312 Å². The molecule has 0 aliphatic rings. The number of unbranched alkanes of at least 4 members (excludes halogenated alkanes) is 18. The van der Waals surface area contributed by atoms with Gasteiger partial charge in [0, 0.05) is 22.3 Å². The smallest absolute Gasteiger partial charge is 0.336 e. The van der Waals surface area contributed by atoms with Gasteiger partial charge in [-0.25, -0.2) is 9.59 Å². The Hall–Kier alpha value is -4.06. The first-order chi connectivity index (χ1) is 25.3. The lowest BCUT2D eigenvalue weighted by Crippen LogP contribution is -2.17. The minimum atomic E-state index is -1.40. The Kier molecular flexibility index (Phi) is 19.7. The fourth-order valence-corrected chi connectivity index (χ4v) is 6.92. The third-order valence-corrected chi connectivity index (χ3v) is 10.2. The molecule has 0 saturated carbocycles. The number of aryl methyl sites for hydroxylation is 2. The number of carbonyl (C=O) groups excluding carboxylic acids is 2. The van der Waals surface area contributed by atoms with Gasteiger partial charge < -0.3 is 10.2 Å². The van der Waals surface area contributed by atoms with Crippen LogP contribution in [0.5, 0.6) is 0 Å². The van der Waals surface area contributed by atoms with Gasteiger partial charge in [-0.05, 0) is 48.9 Å². The monoisotopic (exact) mass is 710 g/mol. The van der Waals surface area contributed by atoms with Crippen LogP contribution < -0.4 is 0 Å². The van der Waals surface area contributed by atoms with Crippen molar-refractivity contribution in [2.24, 2.45) is 0 Å². The predicted molar refractivity (Wildman–Crippen MR) is 211 cm³/mol. The van der Waals surface area contributed by atoms with E-state index >= 15 is 0 Å². The number of benzene rings is 3. The average molecular weight is 711 g/mol. The summed E-state index contributed by atoms with van der Waals surface area (Å²) < 4.78 is 0. The zero-order valence-corrected chi connectivity index (χ0v) is 31.9. The van der Waals surface area contributed by atoms with Crippen LogP contribution in [-0.4, -0.2) is 33.7 Å². The molecule has 0 aliphatic carbocycles. The third kappa shape index (κ3) is 14.5. The molecule has 0 heterocycles. The van der Waals surface area contributed by atoms with Gasteiger partial charge in [-0.1, -0.05) is 178 Å². The maximum absolute atomic E-state index is 13.6. The van der Waals surface area contributed by atoms with Crippen LogP contribution in [0.25, 0.3) is 0 Å². The molecule has 282 valence electrons. The van der Waals surface area contributed by atoms with E-state index < -0.39 is 34.6 Å². The van der Waals surface area contributed by atoms with Crippen LogP contribution in [0.3, 0.4) is 0 Å². The highest BCUT2D eigenvalue weighted by Crippen LogP contribution is 2.25. The van der Waals surface area contributed by atoms with Crippen LogP contribution in [0, 0.1) is 0 Å². The zero-order valence-electron chi connectivity index (χ0n) is 31.9. The third-order valence-electron chi connectivity index (χ3n) is 10.2. The second kappa shape index (κ2) is 24.2. The zero-order chi connectivity index (χ0) is 37.6. The highest BCUT2D eigenvalue weighted by atomic mass is 16.4. The lowest BCUT2D eigenvalue weighted by atomic mass is 9.89. The van der Waals surface area contributed by atoms with Crippen molar-refractivity contribution in [1.82, 2.24) is 0 Å². The molecule has 0 saturated heterocycles. The highest BCUT2D eigenvalue weighted by Gasteiger charge is 2.27. The molecule has 3 aromatic carbocycles. The number of hydrogen-bond acceptors (Lipinski definition) is 4. The van der Waals surface area contributed by atoms with Gasteiger partial charge in [-0.15, -0.1) is 0 Å². The Morgan fingerprint density at radius 2 is 0.654 bits per heavy atom. The largest absolute Gasteiger partial charge is 0.478 e. The summed E-state index contributed by atoms with van der Waals surface area (Å²) in [6.45, 7) is 4.47. The first kappa shape index (κ1) is 42.4. The topological polar surface area (TPSA) is 109 Å². The van der Waals surface area contributed by atoms with Crippen molar-refractivity contribution in [3.63, 3.8) is 0 Å². The quantitative estimate of drug-likeness (QED) is 0.0573. The molecule has 0 amide bonds. The molecule has 0 unspecified atom stereocenters. The van der Waals surface area contributed by atoms with Crippen molar-refractivity contribution in [1.29, 1.82) is 0 Å². The lowest BCUT2D eigenvalue weighted by Gasteiger charge is -2.12. The molecule has 52 heavy (non-hydrogen) atoms. The summed E-state index contributed by atoms with van der Waals surface area (Å²) in [7, 11) is 0. The molecular weight excluding hydrogens is 649 g/mol. The molecule has 3 rings (SSSR count). The second-order valence-corrected chi connectivity index (χ2v) is 14.5. The van der Waals surface area contributed by atoms with Gasteiger partial charge in [-0.2, -0.15) is 0 Å². The minimum absolute atomic E-state index is 0.254. The van der Waals surface area contributed by atoms with Gasteiger partial charge in [0.25, 0.3) is 0 Å². The van der Waals surface area contributed by atoms with Crippen LogP contribution in [0.2, 0.25) is 0 Å². The van der Waals surface area contributed by atoms with E-state index in [0.29, 0.717) is 0 Å². The first-order valence-corrected chi connectivity index (χ1v) is 20.2. The number of hydrogen-bond donors (Lipinski definition) is 2. The van der Waals surface area contributed by atoms with E-state index in [4.69, 9.17) is 0 Å². The van der Waals surface area contributed by atoms with E-state index in [0.717, 1.165) is 61.8 Å². The molecule has 0 radical (unpaired) electrons. The summed E-state index contributed by atoms with van der Waals surface area (Å²) in [5, 5.41) is 20.1. The van der Waals surface area contributed by atoms with E-state index in [2.05, 4.69) is 13.8 Å². The van der Waals surface area contributed by atoms with Crippen molar-refractivity contribution < 1.29 is 29.4 Å². The lowest BCUT2D eigenvalue weighted by molar-refractivity contribution is 0.0677. The molecule has 2 N–H and O–H groups in total. The summed E-state index contributed by atoms with van der Waals surface area (Å²) in [5.74, 6) is -4.00. The van der Waals surface area contributed by atoms with Gasteiger partial charge in [0.2, 0.25) is 0 Å². The second-order valence-electron chi connectivity index (χ2n) is 14.5. The maximum atomic E-state index is 13.6. The van der Waals surface area contributed by atoms with Gasteiger partial charge in [-0.3, -0.25) is 9.59 Å². The molecule has 6 nitrogen and oxygen atoms in total. The summed E-state index contributed by atoms with van der Waals surface area (Å²) in [5.41, 5.74) is 1.42. The van der Waals surface area contributed by atoms with Crippen molar-refractivity contribution in [2.45, 2.75) is 155 Å². The van der Waals surface area contributed by atoms with Gasteiger partial charge in [0.1, 0.15) is 0 Å². The Morgan fingerprint density at radius 1 is 0.385 bits per heavy atom. The molecule has 6 heteroatoms. The van der Waals surface area contributed by atoms with E-state index in [1.54, 1.807) is 24.3 Å². The minimum Gasteiger partial charge on any atom is -0.478 e. The first-order valence-electron chi connectivity index (χ1n) is 20.2. The van der Waals surface area contributed by atoms with E-state index in [1.165, 1.54) is 103 Å². The van der Waals surface area contributed by atoms with E-state index in [1.807, 2.05) is 24.3 Å².